The summed E-state index contributed by atoms with van der Waals surface area (Å²) in [6.07, 6.45) is -2.56. The van der Waals surface area contributed by atoms with E-state index in [1.54, 1.807) is 6.33 Å². The number of aliphatic imine (C=N–C) groups is 1. The third-order valence-electron chi connectivity index (χ3n) is 4.99. The fourth-order valence-corrected chi connectivity index (χ4v) is 3.27. The van der Waals surface area contributed by atoms with E-state index in [0.717, 1.165) is 5.69 Å². The topological polar surface area (TPSA) is 61.6 Å². The molecule has 7 nitrogen and oxygen atoms in total. The van der Waals surface area contributed by atoms with Crippen LogP contribution in [0.3, 0.4) is 0 Å². The van der Waals surface area contributed by atoms with Crippen molar-refractivity contribution in [3.63, 3.8) is 0 Å². The molecule has 0 bridgehead atoms. The molecule has 1 aliphatic rings. The standard InChI is InChI=1S/C19H26F3N7/c1-3-23-18(28-11-9-27(10-12-28)15(2)19(20,21)22)24-13-17-26-25-14-29(17)16-7-5-4-6-8-16/h4-8,14-15H,3,9-13H2,1-2H3,(H,23,24). The van der Waals surface area contributed by atoms with E-state index < -0.39 is 12.2 Å². The van der Waals surface area contributed by atoms with E-state index in [0.29, 0.717) is 51.1 Å². The van der Waals surface area contributed by atoms with E-state index in [2.05, 4.69) is 20.5 Å². The summed E-state index contributed by atoms with van der Waals surface area (Å²) in [5.41, 5.74) is 0.947. The predicted molar refractivity (Wildman–Crippen MR) is 105 cm³/mol. The lowest BCUT2D eigenvalue weighted by atomic mass is 10.2. The number of nitrogens with zero attached hydrogens (tertiary/aromatic N) is 6. The van der Waals surface area contributed by atoms with Crippen molar-refractivity contribution >= 4 is 5.96 Å². The number of hydrogen-bond acceptors (Lipinski definition) is 4. The highest BCUT2D eigenvalue weighted by Gasteiger charge is 2.41. The fraction of sp³-hybridized carbons (Fsp3) is 0.526. The van der Waals surface area contributed by atoms with Gasteiger partial charge in [0, 0.05) is 38.4 Å². The van der Waals surface area contributed by atoms with Crippen molar-refractivity contribution < 1.29 is 13.2 Å². The summed E-state index contributed by atoms with van der Waals surface area (Å²) >= 11 is 0. The highest BCUT2D eigenvalue weighted by atomic mass is 19.4. The van der Waals surface area contributed by atoms with E-state index in [1.807, 2.05) is 46.7 Å². The van der Waals surface area contributed by atoms with Gasteiger partial charge in [-0.15, -0.1) is 10.2 Å². The van der Waals surface area contributed by atoms with Crippen molar-refractivity contribution in [1.82, 2.24) is 29.9 Å². The zero-order valence-electron chi connectivity index (χ0n) is 16.6. The maximum absolute atomic E-state index is 13.0. The Hall–Kier alpha value is -2.62. The van der Waals surface area contributed by atoms with E-state index in [-0.39, 0.29) is 0 Å². The number of aromatic nitrogens is 3. The van der Waals surface area contributed by atoms with E-state index in [4.69, 9.17) is 0 Å². The number of hydrogen-bond donors (Lipinski definition) is 1. The van der Waals surface area contributed by atoms with Gasteiger partial charge >= 0.3 is 6.18 Å². The van der Waals surface area contributed by atoms with Crippen LogP contribution in [0.1, 0.15) is 19.7 Å². The monoisotopic (exact) mass is 409 g/mol. The molecule has 1 unspecified atom stereocenters. The lowest BCUT2D eigenvalue weighted by molar-refractivity contribution is -0.181. The number of alkyl halides is 3. The van der Waals surface area contributed by atoms with Crippen molar-refractivity contribution in [3.8, 4) is 5.69 Å². The number of halogens is 3. The molecule has 1 fully saturated rings. The van der Waals surface area contributed by atoms with Crippen molar-refractivity contribution in [2.45, 2.75) is 32.6 Å². The summed E-state index contributed by atoms with van der Waals surface area (Å²) in [6, 6.07) is 8.30. The molecule has 10 heteroatoms. The van der Waals surface area contributed by atoms with Crippen LogP contribution in [0.5, 0.6) is 0 Å². The second kappa shape index (κ2) is 9.25. The van der Waals surface area contributed by atoms with Gasteiger partial charge in [-0.3, -0.25) is 9.47 Å². The molecule has 0 spiro atoms. The van der Waals surface area contributed by atoms with E-state index >= 15 is 0 Å². The third kappa shape index (κ3) is 5.26. The second-order valence-electron chi connectivity index (χ2n) is 6.86. The summed E-state index contributed by atoms with van der Waals surface area (Å²) < 4.78 is 40.7. The van der Waals surface area contributed by atoms with Gasteiger partial charge in [0.2, 0.25) is 0 Å². The molecule has 1 N–H and O–H groups in total. The lowest BCUT2D eigenvalue weighted by Crippen LogP contribution is -2.56. The minimum atomic E-state index is -4.21. The van der Waals surface area contributed by atoms with Gasteiger partial charge in [0.1, 0.15) is 18.9 Å². The summed E-state index contributed by atoms with van der Waals surface area (Å²) in [6.45, 7) is 5.81. The predicted octanol–water partition coefficient (Wildman–Crippen LogP) is 2.30. The van der Waals surface area contributed by atoms with Crippen molar-refractivity contribution in [3.05, 3.63) is 42.5 Å². The largest absolute Gasteiger partial charge is 0.403 e. The van der Waals surface area contributed by atoms with Crippen LogP contribution in [0.25, 0.3) is 5.69 Å². The minimum Gasteiger partial charge on any atom is -0.357 e. The molecule has 0 amide bonds. The van der Waals surface area contributed by atoms with Gasteiger partial charge in [0.05, 0.1) is 0 Å². The zero-order chi connectivity index (χ0) is 20.9. The molecule has 2 heterocycles. The third-order valence-corrected chi connectivity index (χ3v) is 4.99. The number of guanidine groups is 1. The van der Waals surface area contributed by atoms with E-state index in [9.17, 15) is 13.2 Å². The SMILES string of the molecule is CCNC(=NCc1nncn1-c1ccccc1)N1CCN(C(C)C(F)(F)F)CC1. The maximum atomic E-state index is 13.0. The number of piperazine rings is 1. The molecule has 1 atom stereocenters. The molecule has 0 saturated carbocycles. The Morgan fingerprint density at radius 3 is 2.48 bits per heavy atom. The highest BCUT2D eigenvalue weighted by Crippen LogP contribution is 2.25. The van der Waals surface area contributed by atoms with Crippen molar-refractivity contribution in [2.75, 3.05) is 32.7 Å². The van der Waals surface area contributed by atoms with Gasteiger partial charge < -0.3 is 10.2 Å². The molecular formula is C19H26F3N7. The quantitative estimate of drug-likeness (QED) is 0.607. The molecule has 1 saturated heterocycles. The second-order valence-corrected chi connectivity index (χ2v) is 6.86. The van der Waals surface area contributed by atoms with Crippen molar-refractivity contribution in [2.24, 2.45) is 4.99 Å². The molecule has 1 aliphatic heterocycles. The normalized spacial score (nSPS) is 17.4. The Bertz CT molecular complexity index is 796. The van der Waals surface area contributed by atoms with Crippen LogP contribution in [0.2, 0.25) is 0 Å². The van der Waals surface area contributed by atoms with Gasteiger partial charge in [0.15, 0.2) is 11.8 Å². The summed E-state index contributed by atoms with van der Waals surface area (Å²) in [7, 11) is 0. The van der Waals surface area contributed by atoms with Crippen molar-refractivity contribution in [1.29, 1.82) is 0 Å². The number of nitrogens with one attached hydrogen (secondary N) is 1. The van der Waals surface area contributed by atoms with Crippen LogP contribution in [-0.2, 0) is 6.54 Å². The molecule has 1 aromatic heterocycles. The maximum Gasteiger partial charge on any atom is 0.403 e. The van der Waals surface area contributed by atoms with Crippen LogP contribution in [-0.4, -0.2) is 75.5 Å². The first kappa shape index (κ1) is 21.1. The number of rotatable bonds is 5. The molecule has 0 aliphatic carbocycles. The van der Waals surface area contributed by atoms with E-state index in [1.165, 1.54) is 11.8 Å². The fourth-order valence-electron chi connectivity index (χ4n) is 3.27. The molecule has 1 aromatic carbocycles. The molecule has 158 valence electrons. The molecule has 3 rings (SSSR count). The first-order valence-electron chi connectivity index (χ1n) is 9.68. The zero-order valence-corrected chi connectivity index (χ0v) is 16.6. The molecule has 29 heavy (non-hydrogen) atoms. The lowest BCUT2D eigenvalue weighted by Gasteiger charge is -2.39. The summed E-state index contributed by atoms with van der Waals surface area (Å²) in [5.74, 6) is 1.37. The van der Waals surface area contributed by atoms with Gasteiger partial charge in [-0.25, -0.2) is 4.99 Å². The average Bonchev–Trinajstić information content (AvgIpc) is 3.19. The number of para-hydroxylation sites is 1. The van der Waals surface area contributed by atoms with Crippen LogP contribution in [0.4, 0.5) is 13.2 Å². The van der Waals surface area contributed by atoms with Gasteiger partial charge in [0.25, 0.3) is 0 Å². The first-order chi connectivity index (χ1) is 13.9. The first-order valence-corrected chi connectivity index (χ1v) is 9.68. The number of benzene rings is 1. The van der Waals surface area contributed by atoms with Gasteiger partial charge in [-0.2, -0.15) is 13.2 Å². The Labute approximate surface area is 168 Å². The Kier molecular flexibility index (Phi) is 6.73. The smallest absolute Gasteiger partial charge is 0.357 e. The highest BCUT2D eigenvalue weighted by molar-refractivity contribution is 5.80. The van der Waals surface area contributed by atoms with Crippen LogP contribution in [0.15, 0.2) is 41.7 Å². The molecule has 0 radical (unpaired) electrons. The Morgan fingerprint density at radius 2 is 1.86 bits per heavy atom. The van der Waals surface area contributed by atoms with Crippen LogP contribution < -0.4 is 5.32 Å². The Balaban J connectivity index is 1.67. The molecular weight excluding hydrogens is 383 g/mol. The summed E-state index contributed by atoms with van der Waals surface area (Å²) in [5, 5.41) is 11.4. The Morgan fingerprint density at radius 1 is 1.17 bits per heavy atom. The van der Waals surface area contributed by atoms with Crippen LogP contribution in [0, 0.1) is 0 Å². The van der Waals surface area contributed by atoms with Crippen LogP contribution >= 0.6 is 0 Å². The minimum absolute atomic E-state index is 0.316. The van der Waals surface area contributed by atoms with Gasteiger partial charge in [-0.05, 0) is 26.0 Å². The molecule has 2 aromatic rings. The van der Waals surface area contributed by atoms with Gasteiger partial charge in [-0.1, -0.05) is 18.2 Å². The average molecular weight is 409 g/mol. The summed E-state index contributed by atoms with van der Waals surface area (Å²) in [4.78, 5) is 8.11.